The first-order valence-corrected chi connectivity index (χ1v) is 9.40. The predicted molar refractivity (Wildman–Crippen MR) is 107 cm³/mol. The Labute approximate surface area is 154 Å². The van der Waals surface area contributed by atoms with Gasteiger partial charge in [0.15, 0.2) is 0 Å². The first-order chi connectivity index (χ1) is 12.5. The molecule has 1 aromatic heterocycles. The fourth-order valence-electron chi connectivity index (χ4n) is 4.23. The maximum Gasteiger partial charge on any atom is 0.229 e. The van der Waals surface area contributed by atoms with Crippen LogP contribution < -0.4 is 5.32 Å². The number of hydrogen-bond acceptors (Lipinski definition) is 2. The van der Waals surface area contributed by atoms with Gasteiger partial charge in [-0.25, -0.2) is 0 Å². The van der Waals surface area contributed by atoms with Crippen molar-refractivity contribution >= 4 is 33.4 Å². The molecule has 4 nitrogen and oxygen atoms in total. The highest BCUT2D eigenvalue weighted by molar-refractivity contribution is 6.12. The lowest BCUT2D eigenvalue weighted by atomic mass is 10.0. The van der Waals surface area contributed by atoms with Crippen molar-refractivity contribution in [2.45, 2.75) is 40.2 Å². The number of para-hydroxylation sites is 1. The Morgan fingerprint density at radius 2 is 2.00 bits per heavy atom. The molecule has 4 rings (SSSR count). The van der Waals surface area contributed by atoms with Gasteiger partial charge in [-0.3, -0.25) is 4.79 Å². The van der Waals surface area contributed by atoms with E-state index in [1.807, 2.05) is 0 Å². The summed E-state index contributed by atoms with van der Waals surface area (Å²) in [5.41, 5.74) is 5.67. The Kier molecular flexibility index (Phi) is 4.23. The van der Waals surface area contributed by atoms with Gasteiger partial charge in [-0.1, -0.05) is 18.2 Å². The average molecular weight is 350 g/mol. The molecule has 1 N–H and O–H groups in total. The van der Waals surface area contributed by atoms with Gasteiger partial charge in [-0.05, 0) is 57.4 Å². The van der Waals surface area contributed by atoms with Gasteiger partial charge in [-0.15, -0.1) is 0 Å². The molecule has 1 aliphatic heterocycles. The Hall–Kier alpha value is -2.33. The molecule has 0 bridgehead atoms. The third-order valence-electron chi connectivity index (χ3n) is 5.51. The van der Waals surface area contributed by atoms with Crippen LogP contribution in [0.25, 0.3) is 21.8 Å². The van der Waals surface area contributed by atoms with Crippen molar-refractivity contribution in [3.63, 3.8) is 0 Å². The highest BCUT2D eigenvalue weighted by Crippen LogP contribution is 2.38. The van der Waals surface area contributed by atoms with Gasteiger partial charge < -0.3 is 14.6 Å². The highest BCUT2D eigenvalue weighted by Gasteiger charge is 2.25. The second-order valence-electron chi connectivity index (χ2n) is 7.62. The average Bonchev–Trinajstić information content (AvgIpc) is 3.24. The lowest BCUT2D eigenvalue weighted by Crippen LogP contribution is -2.23. The van der Waals surface area contributed by atoms with Crippen LogP contribution in [-0.4, -0.2) is 23.7 Å². The summed E-state index contributed by atoms with van der Waals surface area (Å²) in [5, 5.41) is 5.67. The summed E-state index contributed by atoms with van der Waals surface area (Å²) in [6.07, 6.45) is 0.804. The van der Waals surface area contributed by atoms with Crippen LogP contribution in [0.2, 0.25) is 0 Å². The second kappa shape index (κ2) is 6.44. The van der Waals surface area contributed by atoms with E-state index in [1.54, 1.807) is 0 Å². The molecule has 1 saturated heterocycles. The van der Waals surface area contributed by atoms with Gasteiger partial charge >= 0.3 is 0 Å². The monoisotopic (exact) mass is 350 g/mol. The maximum absolute atomic E-state index is 12.6. The Morgan fingerprint density at radius 3 is 2.69 bits per heavy atom. The van der Waals surface area contributed by atoms with Crippen LogP contribution in [0.5, 0.6) is 0 Å². The minimum atomic E-state index is -0.0403. The van der Waals surface area contributed by atoms with Gasteiger partial charge in [0.1, 0.15) is 0 Å². The highest BCUT2D eigenvalue weighted by atomic mass is 16.5. The Balaban J connectivity index is 1.91. The SMILES string of the molecule is Cc1cc2c(c(C)c1NC(=O)C1CCOC1)c1ccccc1n2C(C)C. The smallest absolute Gasteiger partial charge is 0.229 e. The topological polar surface area (TPSA) is 43.3 Å². The fourth-order valence-corrected chi connectivity index (χ4v) is 4.23. The molecule has 1 fully saturated rings. The van der Waals surface area contributed by atoms with Gasteiger partial charge in [0.25, 0.3) is 0 Å². The first kappa shape index (κ1) is 17.1. The number of rotatable bonds is 3. The van der Waals surface area contributed by atoms with E-state index >= 15 is 0 Å². The number of aromatic nitrogens is 1. The standard InChI is InChI=1S/C22H26N2O2/c1-13(2)24-18-8-6-5-7-17(18)20-15(4)21(14(3)11-19(20)24)23-22(25)16-9-10-26-12-16/h5-8,11,13,16H,9-10,12H2,1-4H3,(H,23,25). The van der Waals surface area contributed by atoms with E-state index in [9.17, 15) is 4.79 Å². The van der Waals surface area contributed by atoms with Crippen molar-refractivity contribution in [2.75, 3.05) is 18.5 Å². The van der Waals surface area contributed by atoms with Crippen LogP contribution in [0.4, 0.5) is 5.69 Å². The van der Waals surface area contributed by atoms with E-state index in [0.29, 0.717) is 19.3 Å². The van der Waals surface area contributed by atoms with E-state index in [2.05, 4.69) is 67.9 Å². The molecule has 3 aromatic rings. The lowest BCUT2D eigenvalue weighted by Gasteiger charge is -2.17. The molecule has 1 amide bonds. The van der Waals surface area contributed by atoms with Crippen molar-refractivity contribution in [3.05, 3.63) is 41.5 Å². The molecule has 136 valence electrons. The zero-order valence-corrected chi connectivity index (χ0v) is 15.9. The molecule has 0 saturated carbocycles. The van der Waals surface area contributed by atoms with Gasteiger partial charge in [-0.2, -0.15) is 0 Å². The number of amides is 1. The summed E-state index contributed by atoms with van der Waals surface area (Å²) in [4.78, 5) is 12.6. The molecular formula is C22H26N2O2. The van der Waals surface area contributed by atoms with Crippen LogP contribution >= 0.6 is 0 Å². The minimum Gasteiger partial charge on any atom is -0.381 e. The number of anilines is 1. The summed E-state index contributed by atoms with van der Waals surface area (Å²) in [6, 6.07) is 11.1. The van der Waals surface area contributed by atoms with Gasteiger partial charge in [0.2, 0.25) is 5.91 Å². The van der Waals surface area contributed by atoms with E-state index < -0.39 is 0 Å². The molecule has 2 heterocycles. The summed E-state index contributed by atoms with van der Waals surface area (Å²) in [5.74, 6) is 0.0298. The van der Waals surface area contributed by atoms with Crippen LogP contribution in [0.1, 0.15) is 37.4 Å². The normalized spacial score (nSPS) is 17.5. The largest absolute Gasteiger partial charge is 0.381 e. The molecule has 26 heavy (non-hydrogen) atoms. The first-order valence-electron chi connectivity index (χ1n) is 9.40. The number of nitrogens with zero attached hydrogens (tertiary/aromatic N) is 1. The number of carbonyl (C=O) groups excluding carboxylic acids is 1. The van der Waals surface area contributed by atoms with Crippen molar-refractivity contribution < 1.29 is 9.53 Å². The number of fused-ring (bicyclic) bond motifs is 3. The molecule has 4 heteroatoms. The Morgan fingerprint density at radius 1 is 1.23 bits per heavy atom. The van der Waals surface area contributed by atoms with E-state index in [4.69, 9.17) is 4.74 Å². The second-order valence-corrected chi connectivity index (χ2v) is 7.62. The maximum atomic E-state index is 12.6. The third-order valence-corrected chi connectivity index (χ3v) is 5.51. The van der Waals surface area contributed by atoms with Crippen molar-refractivity contribution in [2.24, 2.45) is 5.92 Å². The van der Waals surface area contributed by atoms with Crippen molar-refractivity contribution in [3.8, 4) is 0 Å². The summed E-state index contributed by atoms with van der Waals surface area (Å²) >= 11 is 0. The molecule has 1 unspecified atom stereocenters. The quantitative estimate of drug-likeness (QED) is 0.725. The number of carbonyl (C=O) groups is 1. The number of hydrogen-bond donors (Lipinski definition) is 1. The zero-order chi connectivity index (χ0) is 18.4. The van der Waals surface area contributed by atoms with Gasteiger partial charge in [0.05, 0.1) is 18.0 Å². The molecule has 2 aromatic carbocycles. The molecule has 0 aliphatic carbocycles. The number of ether oxygens (including phenoxy) is 1. The minimum absolute atomic E-state index is 0.0403. The number of aryl methyl sites for hydroxylation is 2. The molecular weight excluding hydrogens is 324 g/mol. The van der Waals surface area contributed by atoms with Crippen molar-refractivity contribution in [1.82, 2.24) is 4.57 Å². The van der Waals surface area contributed by atoms with Crippen LogP contribution in [0.3, 0.4) is 0 Å². The van der Waals surface area contributed by atoms with Crippen molar-refractivity contribution in [1.29, 1.82) is 0 Å². The summed E-state index contributed by atoms with van der Waals surface area (Å²) < 4.78 is 7.76. The Bertz CT molecular complexity index is 994. The molecule has 1 aliphatic rings. The van der Waals surface area contributed by atoms with Crippen LogP contribution in [0, 0.1) is 19.8 Å². The summed E-state index contributed by atoms with van der Waals surface area (Å²) in [7, 11) is 0. The molecule has 0 radical (unpaired) electrons. The summed E-state index contributed by atoms with van der Waals surface area (Å²) in [6.45, 7) is 9.83. The fraction of sp³-hybridized carbons (Fsp3) is 0.409. The predicted octanol–water partition coefficient (Wildman–Crippen LogP) is 4.97. The number of nitrogens with one attached hydrogen (secondary N) is 1. The third kappa shape index (κ3) is 2.60. The van der Waals surface area contributed by atoms with Crippen LogP contribution in [0.15, 0.2) is 30.3 Å². The molecule has 0 spiro atoms. The van der Waals surface area contributed by atoms with Crippen LogP contribution in [-0.2, 0) is 9.53 Å². The van der Waals surface area contributed by atoms with E-state index in [1.165, 1.54) is 21.8 Å². The zero-order valence-electron chi connectivity index (χ0n) is 15.9. The van der Waals surface area contributed by atoms with E-state index in [0.717, 1.165) is 23.2 Å². The van der Waals surface area contributed by atoms with Gasteiger partial charge in [0, 0.05) is 34.6 Å². The lowest BCUT2D eigenvalue weighted by molar-refractivity contribution is -0.119. The van der Waals surface area contributed by atoms with E-state index in [-0.39, 0.29) is 11.8 Å². The number of benzene rings is 2. The molecule has 1 atom stereocenters.